The highest BCUT2D eigenvalue weighted by atomic mass is 35.5. The van der Waals surface area contributed by atoms with Crippen LogP contribution in [0, 0.1) is 0 Å². The van der Waals surface area contributed by atoms with Crippen molar-refractivity contribution >= 4 is 17.3 Å². The van der Waals surface area contributed by atoms with E-state index < -0.39 is 0 Å². The van der Waals surface area contributed by atoms with Crippen LogP contribution in [0.4, 0.5) is 0 Å². The van der Waals surface area contributed by atoms with Crippen LogP contribution in [-0.4, -0.2) is 31.5 Å². The molecule has 0 fully saturated rings. The van der Waals surface area contributed by atoms with E-state index in [0.717, 1.165) is 22.3 Å². The fourth-order valence-corrected chi connectivity index (χ4v) is 3.37. The maximum absolute atomic E-state index is 6.46. The number of rotatable bonds is 12. The quantitative estimate of drug-likeness (QED) is 0.294. The molecule has 0 radical (unpaired) electrons. The third-order valence-electron chi connectivity index (χ3n) is 4.89. The molecule has 2 aromatic carbocycles. The van der Waals surface area contributed by atoms with Crippen LogP contribution in [-0.2, 0) is 27.6 Å². The van der Waals surface area contributed by atoms with Gasteiger partial charge < -0.3 is 14.3 Å². The van der Waals surface area contributed by atoms with Crippen LogP contribution in [0.15, 0.2) is 72.0 Å². The zero-order chi connectivity index (χ0) is 23.5. The van der Waals surface area contributed by atoms with Crippen LogP contribution < -0.4 is 10.2 Å². The summed E-state index contributed by atoms with van der Waals surface area (Å²) in [5.41, 5.74) is 7.00. The third kappa shape index (κ3) is 7.27. The summed E-state index contributed by atoms with van der Waals surface area (Å²) in [6, 6.07) is 19.6. The van der Waals surface area contributed by atoms with Crippen molar-refractivity contribution < 1.29 is 19.1 Å². The summed E-state index contributed by atoms with van der Waals surface area (Å²) in [7, 11) is 3.18. The van der Waals surface area contributed by atoms with Crippen molar-refractivity contribution in [2.45, 2.75) is 26.2 Å². The smallest absolute Gasteiger partial charge is 0.232 e. The van der Waals surface area contributed by atoms with E-state index in [0.29, 0.717) is 23.2 Å². The second-order valence-electron chi connectivity index (χ2n) is 7.15. The summed E-state index contributed by atoms with van der Waals surface area (Å²) in [6.07, 6.45) is 1.56. The zero-order valence-electron chi connectivity index (χ0n) is 19.0. The Kier molecular flexibility index (Phi) is 9.65. The Morgan fingerprint density at radius 3 is 2.58 bits per heavy atom. The van der Waals surface area contributed by atoms with Crippen molar-refractivity contribution in [2.24, 2.45) is 5.16 Å². The Bertz CT molecular complexity index is 1050. The van der Waals surface area contributed by atoms with Crippen molar-refractivity contribution in [3.05, 3.63) is 94.1 Å². The molecule has 0 spiro atoms. The first kappa shape index (κ1) is 24.7. The molecule has 174 valence electrons. The molecule has 0 aliphatic rings. The van der Waals surface area contributed by atoms with Crippen LogP contribution in [0.1, 0.15) is 35.3 Å². The van der Waals surface area contributed by atoms with Gasteiger partial charge in [0.2, 0.25) is 5.88 Å². The summed E-state index contributed by atoms with van der Waals surface area (Å²) >= 11 is 6.46. The first-order chi connectivity index (χ1) is 16.1. The fourth-order valence-electron chi connectivity index (χ4n) is 3.14. The van der Waals surface area contributed by atoms with E-state index in [4.69, 9.17) is 30.7 Å². The molecular formula is C25H28ClN3O4. The van der Waals surface area contributed by atoms with Gasteiger partial charge in [-0.25, -0.2) is 10.5 Å². The normalized spacial score (nSPS) is 12.4. The molecule has 8 heteroatoms. The number of hydrogen-bond donors (Lipinski definition) is 1. The maximum atomic E-state index is 6.46. The minimum atomic E-state index is -0.162. The number of halogens is 1. The number of aromatic nitrogens is 1. The monoisotopic (exact) mass is 469 g/mol. The van der Waals surface area contributed by atoms with E-state index in [-0.39, 0.29) is 19.3 Å². The topological polar surface area (TPSA) is 74.2 Å². The van der Waals surface area contributed by atoms with Crippen LogP contribution in [0.3, 0.4) is 0 Å². The lowest BCUT2D eigenvalue weighted by Crippen LogP contribution is -2.19. The summed E-state index contributed by atoms with van der Waals surface area (Å²) < 4.78 is 11.9. The summed E-state index contributed by atoms with van der Waals surface area (Å²) in [5.74, 6) is 0.349. The second kappa shape index (κ2) is 12.9. The molecule has 0 aliphatic heterocycles. The van der Waals surface area contributed by atoms with Gasteiger partial charge in [0.15, 0.2) is 0 Å². The number of hydrogen-bond acceptors (Lipinski definition) is 7. The van der Waals surface area contributed by atoms with Gasteiger partial charge in [-0.15, -0.1) is 0 Å². The van der Waals surface area contributed by atoms with Crippen LogP contribution in [0.25, 0.3) is 0 Å². The van der Waals surface area contributed by atoms with Gasteiger partial charge in [0.25, 0.3) is 0 Å². The lowest BCUT2D eigenvalue weighted by molar-refractivity contribution is 0.0523. The second-order valence-corrected chi connectivity index (χ2v) is 7.56. The van der Waals surface area contributed by atoms with E-state index in [1.54, 1.807) is 13.2 Å². The highest BCUT2D eigenvalue weighted by Gasteiger charge is 2.14. The standard InChI is InChI=1S/C25H28ClN3O4/c1-18(31-15-19-9-5-4-6-10-19)21-13-23(26)25(28-14-21)32-16-20-11-7-8-12-22(20)24(29-30-3)17-33-27-2/h4-14,18,27H,15-17H2,1-3H3/b29-24+. The predicted molar refractivity (Wildman–Crippen MR) is 128 cm³/mol. The van der Waals surface area contributed by atoms with Gasteiger partial charge >= 0.3 is 0 Å². The molecule has 1 aromatic heterocycles. The Hall–Kier alpha value is -2.97. The Morgan fingerprint density at radius 1 is 1.09 bits per heavy atom. The summed E-state index contributed by atoms with van der Waals surface area (Å²) in [4.78, 5) is 14.7. The van der Waals surface area contributed by atoms with E-state index in [2.05, 4.69) is 15.6 Å². The van der Waals surface area contributed by atoms with Gasteiger partial charge in [0, 0.05) is 24.4 Å². The summed E-state index contributed by atoms with van der Waals surface area (Å²) in [5, 5.41) is 4.50. The SMILES string of the molecule is CNOC/C(=N\OC)c1ccccc1COc1ncc(C(C)OCc2ccccc2)cc1Cl. The fraction of sp³-hybridized carbons (Fsp3) is 0.280. The average molecular weight is 470 g/mol. The molecular weight excluding hydrogens is 442 g/mol. The average Bonchev–Trinajstić information content (AvgIpc) is 2.85. The third-order valence-corrected chi connectivity index (χ3v) is 5.16. The first-order valence-corrected chi connectivity index (χ1v) is 10.9. The number of nitrogens with zero attached hydrogens (tertiary/aromatic N) is 2. The molecule has 0 amide bonds. The van der Waals surface area contributed by atoms with E-state index in [1.807, 2.05) is 67.6 Å². The van der Waals surface area contributed by atoms with Crippen molar-refractivity contribution in [1.29, 1.82) is 0 Å². The Labute approximate surface area is 199 Å². The highest BCUT2D eigenvalue weighted by molar-refractivity contribution is 6.31. The molecule has 33 heavy (non-hydrogen) atoms. The van der Waals surface area contributed by atoms with E-state index >= 15 is 0 Å². The van der Waals surface area contributed by atoms with Gasteiger partial charge in [0.05, 0.1) is 12.7 Å². The molecule has 1 unspecified atom stereocenters. The molecule has 0 saturated heterocycles. The lowest BCUT2D eigenvalue weighted by atomic mass is 10.0. The minimum absolute atomic E-state index is 0.162. The van der Waals surface area contributed by atoms with Crippen LogP contribution in [0.2, 0.25) is 5.02 Å². The van der Waals surface area contributed by atoms with Crippen molar-refractivity contribution in [3.8, 4) is 5.88 Å². The Balaban J connectivity index is 1.66. The number of oxime groups is 1. The van der Waals surface area contributed by atoms with E-state index in [1.165, 1.54) is 7.11 Å². The van der Waals surface area contributed by atoms with Gasteiger partial charge in [-0.3, -0.25) is 4.84 Å². The largest absolute Gasteiger partial charge is 0.472 e. The molecule has 7 nitrogen and oxygen atoms in total. The number of pyridine rings is 1. The summed E-state index contributed by atoms with van der Waals surface area (Å²) in [6.45, 7) is 2.97. The molecule has 0 bridgehead atoms. The van der Waals surface area contributed by atoms with Gasteiger partial charge in [-0.05, 0) is 24.1 Å². The molecule has 3 rings (SSSR count). The van der Waals surface area contributed by atoms with Gasteiger partial charge in [-0.1, -0.05) is 71.4 Å². The van der Waals surface area contributed by atoms with Gasteiger partial charge in [-0.2, -0.15) is 0 Å². The van der Waals surface area contributed by atoms with Crippen molar-refractivity contribution in [2.75, 3.05) is 20.8 Å². The van der Waals surface area contributed by atoms with E-state index in [9.17, 15) is 0 Å². The number of benzene rings is 2. The molecule has 3 aromatic rings. The highest BCUT2D eigenvalue weighted by Crippen LogP contribution is 2.28. The van der Waals surface area contributed by atoms with Crippen LogP contribution >= 0.6 is 11.6 Å². The lowest BCUT2D eigenvalue weighted by Gasteiger charge is -2.16. The molecule has 1 heterocycles. The molecule has 0 saturated carbocycles. The number of nitrogens with one attached hydrogen (secondary N) is 1. The van der Waals surface area contributed by atoms with Gasteiger partial charge in [0.1, 0.15) is 31.1 Å². The van der Waals surface area contributed by atoms with Crippen molar-refractivity contribution in [1.82, 2.24) is 10.5 Å². The number of ether oxygens (including phenoxy) is 2. The predicted octanol–water partition coefficient (Wildman–Crippen LogP) is 5.09. The maximum Gasteiger partial charge on any atom is 0.232 e. The molecule has 1 N–H and O–H groups in total. The molecule has 1 atom stereocenters. The Morgan fingerprint density at radius 2 is 1.85 bits per heavy atom. The first-order valence-electron chi connectivity index (χ1n) is 10.5. The molecule has 0 aliphatic carbocycles. The van der Waals surface area contributed by atoms with Crippen molar-refractivity contribution in [3.63, 3.8) is 0 Å². The zero-order valence-corrected chi connectivity index (χ0v) is 19.7. The van der Waals surface area contributed by atoms with Crippen LogP contribution in [0.5, 0.6) is 5.88 Å². The number of hydroxylamine groups is 1. The minimum Gasteiger partial charge on any atom is -0.472 e.